The van der Waals surface area contributed by atoms with E-state index in [1.54, 1.807) is 16.8 Å². The summed E-state index contributed by atoms with van der Waals surface area (Å²) in [6.07, 6.45) is 3.99. The molecular weight excluding hydrogens is 514 g/mol. The van der Waals surface area contributed by atoms with Crippen molar-refractivity contribution in [3.05, 3.63) is 89.5 Å². The molecule has 0 aromatic heterocycles. The van der Waals surface area contributed by atoms with Gasteiger partial charge in [0, 0.05) is 62.8 Å². The Morgan fingerprint density at radius 1 is 0.829 bits per heavy atom. The Kier molecular flexibility index (Phi) is 8.87. The molecule has 1 saturated carbocycles. The van der Waals surface area contributed by atoms with E-state index >= 15 is 0 Å². The number of amides is 4. The van der Waals surface area contributed by atoms with Crippen molar-refractivity contribution in [3.8, 4) is 0 Å². The second kappa shape index (κ2) is 12.9. The van der Waals surface area contributed by atoms with Crippen molar-refractivity contribution in [3.63, 3.8) is 0 Å². The lowest BCUT2D eigenvalue weighted by Gasteiger charge is -2.37. The largest absolute Gasteiger partial charge is 0.367 e. The van der Waals surface area contributed by atoms with Crippen LogP contribution in [-0.2, 0) is 11.3 Å². The van der Waals surface area contributed by atoms with E-state index in [1.807, 2.05) is 79.7 Å². The minimum Gasteiger partial charge on any atom is -0.367 e. The lowest BCUT2D eigenvalue weighted by atomic mass is 10.1. The SMILES string of the molecule is Cc1cccc(NC(=O)N2CCN(c3ccc(NC(=O)C4CCCC4)cc3C(=O)N(C)Cc3ccccc3)CC2)c1. The van der Waals surface area contributed by atoms with E-state index in [0.29, 0.717) is 44.0 Å². The number of anilines is 3. The van der Waals surface area contributed by atoms with Gasteiger partial charge in [-0.05, 0) is 61.2 Å². The van der Waals surface area contributed by atoms with E-state index in [9.17, 15) is 14.4 Å². The Morgan fingerprint density at radius 3 is 2.24 bits per heavy atom. The second-order valence-corrected chi connectivity index (χ2v) is 11.1. The fourth-order valence-electron chi connectivity index (χ4n) is 5.70. The highest BCUT2D eigenvalue weighted by Gasteiger charge is 2.27. The molecule has 1 aliphatic heterocycles. The van der Waals surface area contributed by atoms with Crippen molar-refractivity contribution in [1.82, 2.24) is 9.80 Å². The summed E-state index contributed by atoms with van der Waals surface area (Å²) in [5.74, 6) is -0.0476. The van der Waals surface area contributed by atoms with Gasteiger partial charge in [-0.1, -0.05) is 55.3 Å². The first-order valence-corrected chi connectivity index (χ1v) is 14.5. The molecule has 0 radical (unpaired) electrons. The lowest BCUT2D eigenvalue weighted by molar-refractivity contribution is -0.119. The number of rotatable bonds is 7. The third kappa shape index (κ3) is 7.06. The van der Waals surface area contributed by atoms with Gasteiger partial charge in [-0.3, -0.25) is 9.59 Å². The number of benzene rings is 3. The predicted octanol–water partition coefficient (Wildman–Crippen LogP) is 5.75. The molecule has 3 aromatic carbocycles. The van der Waals surface area contributed by atoms with E-state index < -0.39 is 0 Å². The van der Waals surface area contributed by atoms with Gasteiger partial charge < -0.3 is 25.3 Å². The Balaban J connectivity index is 1.31. The summed E-state index contributed by atoms with van der Waals surface area (Å²) >= 11 is 0. The molecule has 2 aliphatic rings. The molecule has 5 rings (SSSR count). The van der Waals surface area contributed by atoms with Gasteiger partial charge in [0.25, 0.3) is 5.91 Å². The van der Waals surface area contributed by atoms with Gasteiger partial charge in [0.15, 0.2) is 0 Å². The van der Waals surface area contributed by atoms with E-state index in [2.05, 4.69) is 15.5 Å². The lowest BCUT2D eigenvalue weighted by Crippen LogP contribution is -2.50. The van der Waals surface area contributed by atoms with Crippen LogP contribution in [0.2, 0.25) is 0 Å². The molecule has 41 heavy (non-hydrogen) atoms. The average molecular weight is 554 g/mol. The molecule has 2 fully saturated rings. The number of carbonyl (C=O) groups excluding carboxylic acids is 3. The molecule has 1 saturated heterocycles. The molecular formula is C33H39N5O3. The van der Waals surface area contributed by atoms with Crippen LogP contribution in [-0.4, -0.2) is 60.9 Å². The highest BCUT2D eigenvalue weighted by Crippen LogP contribution is 2.30. The van der Waals surface area contributed by atoms with Crippen molar-refractivity contribution < 1.29 is 14.4 Å². The van der Waals surface area contributed by atoms with Crippen molar-refractivity contribution in [2.75, 3.05) is 48.8 Å². The number of piperazine rings is 1. The zero-order chi connectivity index (χ0) is 28.8. The molecule has 1 aliphatic carbocycles. The highest BCUT2D eigenvalue weighted by atomic mass is 16.2. The number of urea groups is 1. The molecule has 2 N–H and O–H groups in total. The Morgan fingerprint density at radius 2 is 1.54 bits per heavy atom. The summed E-state index contributed by atoms with van der Waals surface area (Å²) in [7, 11) is 1.80. The number of hydrogen-bond donors (Lipinski definition) is 2. The standard InChI is InChI=1S/C33H39N5O3/c1-24-9-8-14-27(21-24)35-33(41)38-19-17-37(18-20-38)30-16-15-28(34-31(39)26-12-6-7-13-26)22-29(30)32(40)36(2)23-25-10-4-3-5-11-25/h3-5,8-11,14-16,21-22,26H,6-7,12-13,17-20,23H2,1-2H3,(H,34,39)(H,35,41). The van der Waals surface area contributed by atoms with Crippen LogP contribution in [0.3, 0.4) is 0 Å². The van der Waals surface area contributed by atoms with Crippen molar-refractivity contribution in [1.29, 1.82) is 0 Å². The van der Waals surface area contributed by atoms with Crippen LogP contribution in [0.4, 0.5) is 21.9 Å². The molecule has 214 valence electrons. The molecule has 3 aromatic rings. The fourth-order valence-corrected chi connectivity index (χ4v) is 5.70. The maximum absolute atomic E-state index is 13.8. The number of carbonyl (C=O) groups is 3. The highest BCUT2D eigenvalue weighted by molar-refractivity contribution is 6.02. The van der Waals surface area contributed by atoms with Gasteiger partial charge in [0.1, 0.15) is 0 Å². The van der Waals surface area contributed by atoms with Gasteiger partial charge in [-0.15, -0.1) is 0 Å². The normalized spacial score (nSPS) is 15.5. The zero-order valence-corrected chi connectivity index (χ0v) is 23.9. The van der Waals surface area contributed by atoms with Crippen LogP contribution in [0.1, 0.15) is 47.2 Å². The molecule has 0 atom stereocenters. The second-order valence-electron chi connectivity index (χ2n) is 11.1. The van der Waals surface area contributed by atoms with Crippen LogP contribution in [0.25, 0.3) is 0 Å². The number of hydrogen-bond acceptors (Lipinski definition) is 4. The van der Waals surface area contributed by atoms with Crippen molar-refractivity contribution in [2.24, 2.45) is 5.92 Å². The van der Waals surface area contributed by atoms with E-state index in [4.69, 9.17) is 0 Å². The van der Waals surface area contributed by atoms with Gasteiger partial charge in [0.2, 0.25) is 5.91 Å². The zero-order valence-electron chi connectivity index (χ0n) is 23.9. The number of aryl methyl sites for hydroxylation is 1. The summed E-state index contributed by atoms with van der Waals surface area (Å²) < 4.78 is 0. The Labute approximate surface area is 242 Å². The molecule has 0 bridgehead atoms. The molecule has 4 amide bonds. The summed E-state index contributed by atoms with van der Waals surface area (Å²) in [6, 6.07) is 23.1. The van der Waals surface area contributed by atoms with Crippen LogP contribution < -0.4 is 15.5 Å². The molecule has 1 heterocycles. The van der Waals surface area contributed by atoms with Crippen LogP contribution in [0.15, 0.2) is 72.8 Å². The Bertz CT molecular complexity index is 1380. The predicted molar refractivity (Wildman–Crippen MR) is 163 cm³/mol. The quantitative estimate of drug-likeness (QED) is 0.390. The summed E-state index contributed by atoms with van der Waals surface area (Å²) in [6.45, 7) is 4.73. The van der Waals surface area contributed by atoms with Gasteiger partial charge in [-0.25, -0.2) is 4.79 Å². The van der Waals surface area contributed by atoms with Crippen molar-refractivity contribution >= 4 is 34.9 Å². The summed E-state index contributed by atoms with van der Waals surface area (Å²) in [4.78, 5) is 45.3. The number of nitrogens with zero attached hydrogens (tertiary/aromatic N) is 3. The van der Waals surface area contributed by atoms with E-state index in [0.717, 1.165) is 48.2 Å². The van der Waals surface area contributed by atoms with Crippen molar-refractivity contribution in [2.45, 2.75) is 39.2 Å². The topological polar surface area (TPSA) is 85.0 Å². The molecule has 8 heteroatoms. The third-order valence-electron chi connectivity index (χ3n) is 8.01. The maximum Gasteiger partial charge on any atom is 0.321 e. The summed E-state index contributed by atoms with van der Waals surface area (Å²) in [5.41, 5.74) is 4.91. The minimum atomic E-state index is -0.126. The van der Waals surface area contributed by atoms with Crippen LogP contribution >= 0.6 is 0 Å². The summed E-state index contributed by atoms with van der Waals surface area (Å²) in [5, 5.41) is 6.05. The minimum absolute atomic E-state index is 0.0273. The van der Waals surface area contributed by atoms with Gasteiger partial charge in [-0.2, -0.15) is 0 Å². The van der Waals surface area contributed by atoms with E-state index in [-0.39, 0.29) is 23.8 Å². The first kappa shape index (κ1) is 28.2. The Hall–Kier alpha value is -4.33. The molecule has 0 spiro atoms. The average Bonchev–Trinajstić information content (AvgIpc) is 3.53. The number of nitrogens with one attached hydrogen (secondary N) is 2. The van der Waals surface area contributed by atoms with Gasteiger partial charge >= 0.3 is 6.03 Å². The third-order valence-corrected chi connectivity index (χ3v) is 8.01. The van der Waals surface area contributed by atoms with E-state index in [1.165, 1.54) is 0 Å². The first-order chi connectivity index (χ1) is 19.9. The monoisotopic (exact) mass is 553 g/mol. The maximum atomic E-state index is 13.8. The van der Waals surface area contributed by atoms with Gasteiger partial charge in [0.05, 0.1) is 5.56 Å². The molecule has 0 unspecified atom stereocenters. The smallest absolute Gasteiger partial charge is 0.321 e. The first-order valence-electron chi connectivity index (χ1n) is 14.5. The van der Waals surface area contributed by atoms with Crippen LogP contribution in [0.5, 0.6) is 0 Å². The molecule has 8 nitrogen and oxygen atoms in total. The fraction of sp³-hybridized carbons (Fsp3) is 0.364. The van der Waals surface area contributed by atoms with Crippen LogP contribution in [0, 0.1) is 12.8 Å².